The summed E-state index contributed by atoms with van der Waals surface area (Å²) in [6.07, 6.45) is 3.46. The van der Waals surface area contributed by atoms with Crippen molar-refractivity contribution in [1.29, 1.82) is 0 Å². The third-order valence-electron chi connectivity index (χ3n) is 2.95. The maximum Gasteiger partial charge on any atom is 0.347 e. The van der Waals surface area contributed by atoms with Gasteiger partial charge in [0.1, 0.15) is 0 Å². The van der Waals surface area contributed by atoms with Crippen molar-refractivity contribution in [3.8, 4) is 0 Å². The normalized spacial score (nSPS) is 10.3. The first kappa shape index (κ1) is 14.0. The molecule has 0 bridgehead atoms. The maximum absolute atomic E-state index is 11.7. The molecule has 0 spiro atoms. The van der Waals surface area contributed by atoms with Crippen LogP contribution in [0.25, 0.3) is 0 Å². The molecule has 6 heteroatoms. The number of nitrogens with two attached hydrogens (primary N) is 1. The van der Waals surface area contributed by atoms with Crippen molar-refractivity contribution in [2.75, 3.05) is 0 Å². The van der Waals surface area contributed by atoms with Crippen molar-refractivity contribution < 1.29 is 4.79 Å². The Morgan fingerprint density at radius 1 is 1.35 bits per heavy atom. The van der Waals surface area contributed by atoms with Gasteiger partial charge in [-0.05, 0) is 23.6 Å². The van der Waals surface area contributed by atoms with Gasteiger partial charge in [0.15, 0.2) is 0 Å². The smallest absolute Gasteiger partial charge is 0.294 e. The van der Waals surface area contributed by atoms with E-state index in [4.69, 9.17) is 5.84 Å². The Kier molecular flexibility index (Phi) is 4.27. The van der Waals surface area contributed by atoms with Crippen molar-refractivity contribution >= 4 is 5.91 Å². The topological polar surface area (TPSA) is 90.0 Å². The minimum Gasteiger partial charge on any atom is -0.294 e. The van der Waals surface area contributed by atoms with Crippen LogP contribution in [-0.4, -0.2) is 15.5 Å². The Balaban J connectivity index is 2.31. The van der Waals surface area contributed by atoms with Crippen molar-refractivity contribution in [2.24, 2.45) is 5.84 Å². The van der Waals surface area contributed by atoms with Crippen molar-refractivity contribution in [2.45, 2.75) is 19.9 Å². The molecule has 0 saturated heterocycles. The van der Waals surface area contributed by atoms with Crippen LogP contribution in [0.1, 0.15) is 16.7 Å². The fourth-order valence-electron chi connectivity index (χ4n) is 1.97. The van der Waals surface area contributed by atoms with Crippen LogP contribution in [-0.2, 0) is 17.8 Å². The van der Waals surface area contributed by atoms with Gasteiger partial charge in [-0.25, -0.2) is 15.6 Å². The second-order valence-corrected chi connectivity index (χ2v) is 4.55. The van der Waals surface area contributed by atoms with Crippen molar-refractivity contribution in [3.05, 3.63) is 63.8 Å². The predicted molar refractivity (Wildman–Crippen MR) is 74.8 cm³/mol. The van der Waals surface area contributed by atoms with Crippen LogP contribution in [0.2, 0.25) is 0 Å². The standard InChI is InChI=1S/C14H16N4O2/c1-10-7-16-14(20)18(8-10)9-12-5-3-2-4-11(12)6-13(19)17-15/h2-5,7-8H,6,9,15H2,1H3,(H,17,19). The highest BCUT2D eigenvalue weighted by Gasteiger charge is 2.08. The summed E-state index contributed by atoms with van der Waals surface area (Å²) in [4.78, 5) is 26.9. The van der Waals surface area contributed by atoms with Gasteiger partial charge in [0.2, 0.25) is 5.91 Å². The van der Waals surface area contributed by atoms with Gasteiger partial charge < -0.3 is 0 Å². The molecule has 0 fully saturated rings. The predicted octanol–water partition coefficient (Wildman–Crippen LogP) is 0.132. The quantitative estimate of drug-likeness (QED) is 0.470. The van der Waals surface area contributed by atoms with Gasteiger partial charge in [-0.3, -0.25) is 14.8 Å². The number of rotatable bonds is 4. The molecular weight excluding hydrogens is 256 g/mol. The molecule has 1 aromatic heterocycles. The third kappa shape index (κ3) is 3.30. The molecular formula is C14H16N4O2. The number of hydrogen-bond donors (Lipinski definition) is 2. The molecule has 1 heterocycles. The Morgan fingerprint density at radius 2 is 2.05 bits per heavy atom. The summed E-state index contributed by atoms with van der Waals surface area (Å²) in [7, 11) is 0. The Hall–Kier alpha value is -2.47. The number of nitrogens with one attached hydrogen (secondary N) is 1. The summed E-state index contributed by atoms with van der Waals surface area (Å²) in [5.41, 5.74) is 4.43. The van der Waals surface area contributed by atoms with E-state index < -0.39 is 0 Å². The second-order valence-electron chi connectivity index (χ2n) is 4.55. The lowest BCUT2D eigenvalue weighted by atomic mass is 10.0. The van der Waals surface area contributed by atoms with E-state index >= 15 is 0 Å². The first-order valence-corrected chi connectivity index (χ1v) is 6.19. The summed E-state index contributed by atoms with van der Waals surface area (Å²) >= 11 is 0. The highest BCUT2D eigenvalue weighted by Crippen LogP contribution is 2.11. The lowest BCUT2D eigenvalue weighted by molar-refractivity contribution is -0.120. The third-order valence-corrected chi connectivity index (χ3v) is 2.95. The molecule has 2 rings (SSSR count). The molecule has 1 amide bonds. The maximum atomic E-state index is 11.7. The van der Waals surface area contributed by atoms with Crippen LogP contribution in [0.4, 0.5) is 0 Å². The molecule has 6 nitrogen and oxygen atoms in total. The SMILES string of the molecule is Cc1cnc(=O)n(Cc2ccccc2CC(=O)NN)c1. The van der Waals surface area contributed by atoms with E-state index in [0.717, 1.165) is 16.7 Å². The lowest BCUT2D eigenvalue weighted by Gasteiger charge is -2.10. The molecule has 20 heavy (non-hydrogen) atoms. The average molecular weight is 272 g/mol. The zero-order valence-electron chi connectivity index (χ0n) is 11.2. The Labute approximate surface area is 116 Å². The first-order chi connectivity index (χ1) is 9.60. The zero-order chi connectivity index (χ0) is 14.5. The van der Waals surface area contributed by atoms with Gasteiger partial charge in [0, 0.05) is 12.4 Å². The molecule has 3 N–H and O–H groups in total. The van der Waals surface area contributed by atoms with E-state index in [-0.39, 0.29) is 18.0 Å². The molecule has 0 aliphatic heterocycles. The molecule has 2 aromatic rings. The van der Waals surface area contributed by atoms with Crippen molar-refractivity contribution in [1.82, 2.24) is 15.0 Å². The van der Waals surface area contributed by atoms with E-state index in [1.54, 1.807) is 6.20 Å². The lowest BCUT2D eigenvalue weighted by Crippen LogP contribution is -2.32. The molecule has 0 unspecified atom stereocenters. The monoisotopic (exact) mass is 272 g/mol. The van der Waals surface area contributed by atoms with Crippen LogP contribution < -0.4 is 17.0 Å². The van der Waals surface area contributed by atoms with Gasteiger partial charge in [-0.1, -0.05) is 24.3 Å². The molecule has 0 aliphatic carbocycles. The average Bonchev–Trinajstić information content (AvgIpc) is 2.44. The van der Waals surface area contributed by atoms with Crippen LogP contribution >= 0.6 is 0 Å². The molecule has 1 aromatic carbocycles. The van der Waals surface area contributed by atoms with Gasteiger partial charge in [0.05, 0.1) is 13.0 Å². The molecule has 104 valence electrons. The number of aromatic nitrogens is 2. The summed E-state index contributed by atoms with van der Waals surface area (Å²) < 4.78 is 1.52. The van der Waals surface area contributed by atoms with Gasteiger partial charge >= 0.3 is 5.69 Å². The van der Waals surface area contributed by atoms with Crippen LogP contribution in [0, 0.1) is 6.92 Å². The number of carbonyl (C=O) groups excluding carboxylic acids is 1. The number of amides is 1. The summed E-state index contributed by atoms with van der Waals surface area (Å²) in [5, 5.41) is 0. The van der Waals surface area contributed by atoms with Crippen LogP contribution in [0.15, 0.2) is 41.5 Å². The Morgan fingerprint density at radius 3 is 2.75 bits per heavy atom. The molecule has 0 aliphatic rings. The van der Waals surface area contributed by atoms with E-state index in [1.807, 2.05) is 31.2 Å². The van der Waals surface area contributed by atoms with Crippen LogP contribution in [0.3, 0.4) is 0 Å². The number of nitrogens with zero attached hydrogens (tertiary/aromatic N) is 2. The fraction of sp³-hybridized carbons (Fsp3) is 0.214. The molecule has 0 radical (unpaired) electrons. The van der Waals surface area contributed by atoms with Crippen LogP contribution in [0.5, 0.6) is 0 Å². The highest BCUT2D eigenvalue weighted by atomic mass is 16.2. The number of hydrazine groups is 1. The largest absolute Gasteiger partial charge is 0.347 e. The Bertz CT molecular complexity index is 679. The molecule has 0 atom stereocenters. The highest BCUT2D eigenvalue weighted by molar-refractivity contribution is 5.78. The van der Waals surface area contributed by atoms with E-state index in [0.29, 0.717) is 6.54 Å². The van der Waals surface area contributed by atoms with E-state index in [9.17, 15) is 9.59 Å². The minimum atomic E-state index is -0.311. The van der Waals surface area contributed by atoms with Gasteiger partial charge in [-0.2, -0.15) is 0 Å². The molecule has 0 saturated carbocycles. The second kappa shape index (κ2) is 6.12. The van der Waals surface area contributed by atoms with E-state index in [1.165, 1.54) is 10.8 Å². The summed E-state index contributed by atoms with van der Waals surface area (Å²) in [6, 6.07) is 7.44. The number of benzene rings is 1. The van der Waals surface area contributed by atoms with E-state index in [2.05, 4.69) is 10.4 Å². The van der Waals surface area contributed by atoms with Gasteiger partial charge in [0.25, 0.3) is 0 Å². The number of aryl methyl sites for hydroxylation is 1. The number of carbonyl (C=O) groups is 1. The minimum absolute atomic E-state index is 0.181. The first-order valence-electron chi connectivity index (χ1n) is 6.19. The summed E-state index contributed by atoms with van der Waals surface area (Å²) in [5.74, 6) is 4.83. The van der Waals surface area contributed by atoms with Gasteiger partial charge in [-0.15, -0.1) is 0 Å². The number of hydrogen-bond acceptors (Lipinski definition) is 4. The summed E-state index contributed by atoms with van der Waals surface area (Å²) in [6.45, 7) is 2.25. The zero-order valence-corrected chi connectivity index (χ0v) is 11.2. The van der Waals surface area contributed by atoms with Crippen molar-refractivity contribution in [3.63, 3.8) is 0 Å². The fourth-order valence-corrected chi connectivity index (χ4v) is 1.97.